The van der Waals surface area contributed by atoms with Crippen molar-refractivity contribution in [3.8, 4) is 0 Å². The second-order valence-corrected chi connectivity index (χ2v) is 0.354. The van der Waals surface area contributed by atoms with Crippen LogP contribution in [0.2, 0.25) is 0 Å². The summed E-state index contributed by atoms with van der Waals surface area (Å²) in [6, 6.07) is 0. The standard InChI is InChI=1S/CH2O2.Fe/c1-2-3-1;/h1H2;. The first-order valence-electron chi connectivity index (χ1n) is 0.744. The second kappa shape index (κ2) is 1.73. The van der Waals surface area contributed by atoms with Gasteiger partial charge in [0.15, 0.2) is 0 Å². The molecule has 0 aromatic heterocycles. The van der Waals surface area contributed by atoms with Crippen LogP contribution < -0.4 is 0 Å². The zero-order valence-electron chi connectivity index (χ0n) is 1.88. The Hall–Kier alpha value is 0.439. The molecule has 1 saturated heterocycles. The van der Waals surface area contributed by atoms with Gasteiger partial charge in [0, 0.05) is 17.1 Å². The van der Waals surface area contributed by atoms with Crippen LogP contribution in [0.3, 0.4) is 0 Å². The Labute approximate surface area is 34.5 Å². The minimum atomic E-state index is 0. The van der Waals surface area contributed by atoms with Gasteiger partial charge >= 0.3 is 0 Å². The first-order chi connectivity index (χ1) is 1.50. The molecule has 0 radical (unpaired) electrons. The molecule has 0 saturated carbocycles. The molecule has 0 bridgehead atoms. The predicted molar refractivity (Wildman–Crippen MR) is 7.04 cm³/mol. The Morgan fingerprint density at radius 3 is 1.50 bits per heavy atom. The van der Waals surface area contributed by atoms with Crippen LogP contribution in [-0.4, -0.2) is 6.79 Å². The Balaban J connectivity index is 0.0000000900. The van der Waals surface area contributed by atoms with Crippen molar-refractivity contribution >= 4 is 0 Å². The normalized spacial score (nSPS) is 18.0. The zero-order valence-corrected chi connectivity index (χ0v) is 2.98. The van der Waals surface area contributed by atoms with Crippen LogP contribution in [0.1, 0.15) is 0 Å². The fraction of sp³-hybridized carbons (Fsp3) is 1.00. The summed E-state index contributed by atoms with van der Waals surface area (Å²) >= 11 is 0. The summed E-state index contributed by atoms with van der Waals surface area (Å²) in [6.45, 7) is 0.500. The van der Waals surface area contributed by atoms with E-state index in [1.54, 1.807) is 0 Å². The maximum absolute atomic E-state index is 4.00. The summed E-state index contributed by atoms with van der Waals surface area (Å²) in [7, 11) is 0. The smallest absolute Gasteiger partial charge is 0.202 e. The monoisotopic (exact) mass is 102 g/mol. The molecule has 0 amide bonds. The van der Waals surface area contributed by atoms with Gasteiger partial charge in [0.25, 0.3) is 0 Å². The van der Waals surface area contributed by atoms with Crippen LogP contribution in [0.15, 0.2) is 0 Å². The molecule has 0 atom stereocenters. The fourth-order valence-corrected chi connectivity index (χ4v) is 0. The summed E-state index contributed by atoms with van der Waals surface area (Å²) in [5.74, 6) is 0. The quantitative estimate of drug-likeness (QED) is 0.242. The van der Waals surface area contributed by atoms with E-state index in [4.69, 9.17) is 0 Å². The predicted octanol–water partition coefficient (Wildman–Crippen LogP) is -0.0968. The van der Waals surface area contributed by atoms with Crippen LogP contribution >= 0.6 is 0 Å². The Morgan fingerprint density at radius 1 is 1.25 bits per heavy atom. The number of hydrogen-bond acceptors (Lipinski definition) is 2. The van der Waals surface area contributed by atoms with Gasteiger partial charge in [-0.1, -0.05) is 0 Å². The van der Waals surface area contributed by atoms with Gasteiger partial charge in [-0.3, -0.25) is 0 Å². The molecule has 1 fully saturated rings. The topological polar surface area (TPSA) is 25.1 Å². The van der Waals surface area contributed by atoms with Crippen molar-refractivity contribution in [3.63, 3.8) is 0 Å². The van der Waals surface area contributed by atoms with Gasteiger partial charge in [-0.2, -0.15) is 0 Å². The van der Waals surface area contributed by atoms with Gasteiger partial charge in [0.05, 0.1) is 0 Å². The summed E-state index contributed by atoms with van der Waals surface area (Å²) in [4.78, 5) is 8.00. The molecule has 26 valence electrons. The van der Waals surface area contributed by atoms with E-state index in [-0.39, 0.29) is 17.1 Å². The van der Waals surface area contributed by atoms with Crippen LogP contribution in [0.4, 0.5) is 0 Å². The van der Waals surface area contributed by atoms with E-state index in [0.717, 1.165) is 0 Å². The first-order valence-corrected chi connectivity index (χ1v) is 0.744. The minimum Gasteiger partial charge on any atom is -0.202 e. The van der Waals surface area contributed by atoms with Crippen LogP contribution in [-0.2, 0) is 26.8 Å². The van der Waals surface area contributed by atoms with Gasteiger partial charge in [-0.25, -0.2) is 9.78 Å². The summed E-state index contributed by atoms with van der Waals surface area (Å²) < 4.78 is 0. The molecule has 0 aromatic rings. The van der Waals surface area contributed by atoms with Crippen molar-refractivity contribution in [2.75, 3.05) is 6.79 Å². The maximum atomic E-state index is 4.00. The molecule has 0 aromatic carbocycles. The number of hydrogen-bond donors (Lipinski definition) is 0. The van der Waals surface area contributed by atoms with E-state index in [1.165, 1.54) is 0 Å². The van der Waals surface area contributed by atoms with Gasteiger partial charge in [0.2, 0.25) is 6.79 Å². The van der Waals surface area contributed by atoms with Gasteiger partial charge in [-0.05, 0) is 0 Å². The average Bonchev–Trinajstić information content (AvgIpc) is 1.46. The molecule has 1 aliphatic rings. The molecule has 0 N–H and O–H groups in total. The van der Waals surface area contributed by atoms with E-state index < -0.39 is 0 Å². The molecule has 1 heterocycles. The zero-order chi connectivity index (χ0) is 2.12. The largest absolute Gasteiger partial charge is 0.214 e. The van der Waals surface area contributed by atoms with Crippen LogP contribution in [0, 0.1) is 0 Å². The SMILES string of the molecule is C1OO1.[Fe]. The average molecular weight is 102 g/mol. The Morgan fingerprint density at radius 2 is 1.50 bits per heavy atom. The second-order valence-electron chi connectivity index (χ2n) is 0.354. The van der Waals surface area contributed by atoms with Crippen molar-refractivity contribution < 1.29 is 26.8 Å². The van der Waals surface area contributed by atoms with Crippen LogP contribution in [0.25, 0.3) is 0 Å². The molecule has 0 spiro atoms. The molecule has 2 nitrogen and oxygen atoms in total. The van der Waals surface area contributed by atoms with Crippen molar-refractivity contribution in [3.05, 3.63) is 0 Å². The van der Waals surface area contributed by atoms with E-state index in [0.29, 0.717) is 6.79 Å². The van der Waals surface area contributed by atoms with Gasteiger partial charge in [0.1, 0.15) is 0 Å². The molecule has 3 heteroatoms. The van der Waals surface area contributed by atoms with E-state index >= 15 is 0 Å². The van der Waals surface area contributed by atoms with Crippen molar-refractivity contribution in [1.82, 2.24) is 0 Å². The van der Waals surface area contributed by atoms with Crippen molar-refractivity contribution in [1.29, 1.82) is 0 Å². The first kappa shape index (κ1) is 4.44. The molecule has 1 aliphatic heterocycles. The van der Waals surface area contributed by atoms with E-state index in [2.05, 4.69) is 9.78 Å². The van der Waals surface area contributed by atoms with Gasteiger partial charge < -0.3 is 0 Å². The number of rotatable bonds is 0. The summed E-state index contributed by atoms with van der Waals surface area (Å²) in [6.07, 6.45) is 0. The van der Waals surface area contributed by atoms with Gasteiger partial charge in [-0.15, -0.1) is 0 Å². The fourth-order valence-electron chi connectivity index (χ4n) is 0. The Kier molecular flexibility index (Phi) is 1.92. The molecule has 1 rings (SSSR count). The third kappa shape index (κ3) is 2.44. The van der Waals surface area contributed by atoms with Crippen molar-refractivity contribution in [2.45, 2.75) is 0 Å². The maximum Gasteiger partial charge on any atom is 0.214 e. The Bertz CT molecular complexity index is 10.8. The summed E-state index contributed by atoms with van der Waals surface area (Å²) in [5, 5.41) is 0. The molecule has 4 heavy (non-hydrogen) atoms. The molecule has 0 unspecified atom stereocenters. The third-order valence-corrected chi connectivity index (χ3v) is 0.118. The van der Waals surface area contributed by atoms with Crippen LogP contribution in [0.5, 0.6) is 0 Å². The van der Waals surface area contributed by atoms with E-state index in [9.17, 15) is 0 Å². The molecular weight excluding hydrogens is 99.9 g/mol. The summed E-state index contributed by atoms with van der Waals surface area (Å²) in [5.41, 5.74) is 0. The molecular formula is CH2FeO2. The minimum absolute atomic E-state index is 0. The molecule has 0 aliphatic carbocycles. The van der Waals surface area contributed by atoms with Crippen molar-refractivity contribution in [2.24, 2.45) is 0 Å². The third-order valence-electron chi connectivity index (χ3n) is 0.118. The van der Waals surface area contributed by atoms with E-state index in [1.807, 2.05) is 0 Å².